The molecule has 1 saturated carbocycles. The molecule has 1 fully saturated rings. The molecule has 1 unspecified atom stereocenters. The average Bonchev–Trinajstić information content (AvgIpc) is 2.67. The van der Waals surface area contributed by atoms with Crippen molar-refractivity contribution >= 4 is 17.3 Å². The van der Waals surface area contributed by atoms with Crippen LogP contribution in [0, 0.1) is 0 Å². The monoisotopic (exact) mass is 276 g/mol. The molecule has 1 heterocycles. The van der Waals surface area contributed by atoms with Crippen LogP contribution in [0.1, 0.15) is 37.4 Å². The number of hydrogen-bond acceptors (Lipinski definition) is 4. The normalized spacial score (nSPS) is 21.3. The minimum absolute atomic E-state index is 0.184. The summed E-state index contributed by atoms with van der Waals surface area (Å²) in [6, 6.07) is 6.23. The summed E-state index contributed by atoms with van der Waals surface area (Å²) in [7, 11) is 0. The number of hydrogen-bond donors (Lipinski definition) is 3. The van der Waals surface area contributed by atoms with Crippen molar-refractivity contribution in [2.75, 3.05) is 23.4 Å². The molecule has 108 valence electrons. The Morgan fingerprint density at radius 3 is 2.80 bits per heavy atom. The molecule has 1 amide bonds. The lowest BCUT2D eigenvalue weighted by atomic mass is 9.90. The first-order valence-electron chi connectivity index (χ1n) is 7.21. The van der Waals surface area contributed by atoms with Crippen molar-refractivity contribution in [3.8, 4) is 0 Å². The standard InChI is InChI=1S/C15H20N2O3/c18-8-2-7-17(10-3-1-4-10)11-5-6-12-13(9-11)16-15(20)14(12)19/h5-6,9-10,14,18-19H,1-4,7-8H2,(H,16,20). The first kappa shape index (κ1) is 13.4. The van der Waals surface area contributed by atoms with Crippen molar-refractivity contribution in [3.05, 3.63) is 23.8 Å². The Kier molecular flexibility index (Phi) is 3.63. The van der Waals surface area contributed by atoms with Crippen molar-refractivity contribution in [2.24, 2.45) is 0 Å². The van der Waals surface area contributed by atoms with Gasteiger partial charge in [0.1, 0.15) is 0 Å². The number of nitrogens with one attached hydrogen (secondary N) is 1. The van der Waals surface area contributed by atoms with Crippen LogP contribution in [0.4, 0.5) is 11.4 Å². The number of nitrogens with zero attached hydrogens (tertiary/aromatic N) is 1. The Bertz CT molecular complexity index is 514. The third-order valence-corrected chi connectivity index (χ3v) is 4.24. The Balaban J connectivity index is 1.84. The summed E-state index contributed by atoms with van der Waals surface area (Å²) >= 11 is 0. The molecule has 0 radical (unpaired) electrons. The fraction of sp³-hybridized carbons (Fsp3) is 0.533. The molecule has 1 aromatic carbocycles. The molecule has 0 bridgehead atoms. The Hall–Kier alpha value is -1.59. The maximum atomic E-state index is 11.5. The second-order valence-corrected chi connectivity index (χ2v) is 5.52. The second-order valence-electron chi connectivity index (χ2n) is 5.52. The second kappa shape index (κ2) is 5.42. The van der Waals surface area contributed by atoms with Gasteiger partial charge in [-0.3, -0.25) is 4.79 Å². The summed E-state index contributed by atoms with van der Waals surface area (Å²) in [5.41, 5.74) is 2.40. The topological polar surface area (TPSA) is 72.8 Å². The highest BCUT2D eigenvalue weighted by atomic mass is 16.3. The summed E-state index contributed by atoms with van der Waals surface area (Å²) in [4.78, 5) is 13.8. The van der Waals surface area contributed by atoms with Gasteiger partial charge in [0.25, 0.3) is 5.91 Å². The van der Waals surface area contributed by atoms with E-state index < -0.39 is 6.10 Å². The van der Waals surface area contributed by atoms with Crippen LogP contribution < -0.4 is 10.2 Å². The van der Waals surface area contributed by atoms with E-state index >= 15 is 0 Å². The molecule has 0 aromatic heterocycles. The van der Waals surface area contributed by atoms with Gasteiger partial charge in [0.2, 0.25) is 0 Å². The summed E-state index contributed by atoms with van der Waals surface area (Å²) in [5.74, 6) is -0.359. The van der Waals surface area contributed by atoms with Gasteiger partial charge in [-0.25, -0.2) is 0 Å². The molecule has 5 nitrogen and oxygen atoms in total. The first-order valence-corrected chi connectivity index (χ1v) is 7.21. The van der Waals surface area contributed by atoms with Gasteiger partial charge in [0, 0.05) is 36.1 Å². The number of benzene rings is 1. The van der Waals surface area contributed by atoms with E-state index in [1.54, 1.807) is 0 Å². The molecule has 5 heteroatoms. The van der Waals surface area contributed by atoms with E-state index in [1.807, 2.05) is 18.2 Å². The Morgan fingerprint density at radius 2 is 2.15 bits per heavy atom. The molecule has 20 heavy (non-hydrogen) atoms. The summed E-state index contributed by atoms with van der Waals surface area (Å²) in [5, 5.41) is 21.5. The van der Waals surface area contributed by atoms with Crippen LogP contribution in [-0.4, -0.2) is 35.3 Å². The van der Waals surface area contributed by atoms with Gasteiger partial charge in [0.15, 0.2) is 6.10 Å². The molecule has 3 rings (SSSR count). The molecule has 0 saturated heterocycles. The molecule has 1 aromatic rings. The highest BCUT2D eigenvalue weighted by Gasteiger charge is 2.30. The average molecular weight is 276 g/mol. The van der Waals surface area contributed by atoms with Crippen molar-refractivity contribution in [1.29, 1.82) is 0 Å². The van der Waals surface area contributed by atoms with Crippen molar-refractivity contribution in [2.45, 2.75) is 37.8 Å². The minimum Gasteiger partial charge on any atom is -0.396 e. The van der Waals surface area contributed by atoms with Crippen LogP contribution in [0.3, 0.4) is 0 Å². The first-order chi connectivity index (χ1) is 9.70. The number of aliphatic hydroxyl groups is 2. The third-order valence-electron chi connectivity index (χ3n) is 4.24. The van der Waals surface area contributed by atoms with Gasteiger partial charge in [-0.1, -0.05) is 6.07 Å². The van der Waals surface area contributed by atoms with Crippen LogP contribution in [0.2, 0.25) is 0 Å². The largest absolute Gasteiger partial charge is 0.396 e. The van der Waals surface area contributed by atoms with E-state index in [9.17, 15) is 9.90 Å². The minimum atomic E-state index is -1.05. The zero-order valence-corrected chi connectivity index (χ0v) is 11.4. The Morgan fingerprint density at radius 1 is 1.35 bits per heavy atom. The molecule has 1 atom stereocenters. The molecular weight excluding hydrogens is 256 g/mol. The molecule has 1 aliphatic carbocycles. The van der Waals surface area contributed by atoms with Gasteiger partial charge in [0.05, 0.1) is 0 Å². The lowest BCUT2D eigenvalue weighted by Gasteiger charge is -2.39. The number of aliphatic hydroxyl groups excluding tert-OH is 2. The van der Waals surface area contributed by atoms with E-state index in [4.69, 9.17) is 5.11 Å². The summed E-state index contributed by atoms with van der Waals surface area (Å²) in [6.45, 7) is 1.00. The molecule has 3 N–H and O–H groups in total. The van der Waals surface area contributed by atoms with Crippen LogP contribution in [0.5, 0.6) is 0 Å². The van der Waals surface area contributed by atoms with Crippen molar-refractivity contribution in [1.82, 2.24) is 0 Å². The number of amides is 1. The van der Waals surface area contributed by atoms with E-state index in [1.165, 1.54) is 19.3 Å². The zero-order valence-electron chi connectivity index (χ0n) is 11.4. The number of rotatable bonds is 5. The summed E-state index contributed by atoms with van der Waals surface area (Å²) in [6.07, 6.45) is 3.30. The van der Waals surface area contributed by atoms with Crippen molar-refractivity contribution in [3.63, 3.8) is 0 Å². The SMILES string of the molecule is O=C1Nc2cc(N(CCCO)C3CCC3)ccc2C1O. The third kappa shape index (κ3) is 2.27. The predicted molar refractivity (Wildman–Crippen MR) is 76.7 cm³/mol. The van der Waals surface area contributed by atoms with Crippen LogP contribution in [0.15, 0.2) is 18.2 Å². The molecule has 0 spiro atoms. The lowest BCUT2D eigenvalue weighted by molar-refractivity contribution is -0.123. The summed E-state index contributed by atoms with van der Waals surface area (Å²) < 4.78 is 0. The maximum Gasteiger partial charge on any atom is 0.257 e. The number of fused-ring (bicyclic) bond motifs is 1. The molecule has 2 aliphatic rings. The highest BCUT2D eigenvalue weighted by molar-refractivity contribution is 6.02. The van der Waals surface area contributed by atoms with Gasteiger partial charge in [-0.05, 0) is 37.8 Å². The van der Waals surface area contributed by atoms with E-state index in [0.29, 0.717) is 17.3 Å². The van der Waals surface area contributed by atoms with E-state index in [0.717, 1.165) is 18.7 Å². The molecule has 1 aliphatic heterocycles. The van der Waals surface area contributed by atoms with Gasteiger partial charge >= 0.3 is 0 Å². The number of anilines is 2. The van der Waals surface area contributed by atoms with Gasteiger partial charge < -0.3 is 20.4 Å². The van der Waals surface area contributed by atoms with Crippen LogP contribution in [-0.2, 0) is 4.79 Å². The zero-order chi connectivity index (χ0) is 14.1. The smallest absolute Gasteiger partial charge is 0.257 e. The fourth-order valence-electron chi connectivity index (χ4n) is 2.87. The van der Waals surface area contributed by atoms with Gasteiger partial charge in [-0.2, -0.15) is 0 Å². The maximum absolute atomic E-state index is 11.5. The van der Waals surface area contributed by atoms with Gasteiger partial charge in [-0.15, -0.1) is 0 Å². The highest BCUT2D eigenvalue weighted by Crippen LogP contribution is 2.36. The quantitative estimate of drug-likeness (QED) is 0.760. The molecular formula is C15H20N2O3. The van der Waals surface area contributed by atoms with E-state index in [2.05, 4.69) is 10.2 Å². The van der Waals surface area contributed by atoms with Crippen LogP contribution >= 0.6 is 0 Å². The van der Waals surface area contributed by atoms with Crippen LogP contribution in [0.25, 0.3) is 0 Å². The number of carbonyl (C=O) groups is 1. The predicted octanol–water partition coefficient (Wildman–Crippen LogP) is 1.41. The Labute approximate surface area is 118 Å². The lowest BCUT2D eigenvalue weighted by Crippen LogP contribution is -2.41. The number of carbonyl (C=O) groups excluding carboxylic acids is 1. The fourth-order valence-corrected chi connectivity index (χ4v) is 2.87. The van der Waals surface area contributed by atoms with E-state index in [-0.39, 0.29) is 12.5 Å². The van der Waals surface area contributed by atoms with Crippen molar-refractivity contribution < 1.29 is 15.0 Å².